The molecule has 2 fully saturated rings. The topological polar surface area (TPSA) is 54.4 Å². The highest BCUT2D eigenvalue weighted by atomic mass is 19.1. The molecule has 0 amide bonds. The molecule has 1 N–H and O–H groups in total. The summed E-state index contributed by atoms with van der Waals surface area (Å²) in [4.78, 5) is 24.3. The van der Waals surface area contributed by atoms with E-state index in [1.165, 1.54) is 0 Å². The fourth-order valence-electron chi connectivity index (χ4n) is 6.90. The number of carbonyl (C=O) groups is 2. The van der Waals surface area contributed by atoms with E-state index in [0.29, 0.717) is 6.42 Å². The van der Waals surface area contributed by atoms with Gasteiger partial charge in [0, 0.05) is 23.7 Å². The van der Waals surface area contributed by atoms with Crippen LogP contribution in [0, 0.1) is 34.5 Å². The lowest BCUT2D eigenvalue weighted by molar-refractivity contribution is -0.132. The number of Topliss-reactive ketones (excluding diaryl/α,β-unsaturated/α-hetero) is 1. The molecule has 0 aromatic heterocycles. The Morgan fingerprint density at radius 1 is 1.23 bits per heavy atom. The zero-order valence-corrected chi connectivity index (χ0v) is 15.9. The fourth-order valence-corrected chi connectivity index (χ4v) is 6.90. The number of aliphatic hydroxyl groups is 1. The number of hydrogen-bond acceptors (Lipinski definition) is 3. The molecule has 0 heterocycles. The van der Waals surface area contributed by atoms with Gasteiger partial charge in [0.25, 0.3) is 0 Å². The Hall–Kier alpha value is -1.29. The lowest BCUT2D eigenvalue weighted by Gasteiger charge is -2.60. The highest BCUT2D eigenvalue weighted by Gasteiger charge is 2.67. The maximum atomic E-state index is 16.8. The number of rotatable bonds is 2. The van der Waals surface area contributed by atoms with Crippen LogP contribution in [0.2, 0.25) is 0 Å². The van der Waals surface area contributed by atoms with Crippen molar-refractivity contribution in [1.82, 2.24) is 0 Å². The monoisotopic (exact) mass is 360 g/mol. The largest absolute Gasteiger partial charge is 0.389 e. The van der Waals surface area contributed by atoms with E-state index in [-0.39, 0.29) is 40.7 Å². The van der Waals surface area contributed by atoms with Crippen LogP contribution in [0.3, 0.4) is 0 Å². The number of alkyl halides is 1. The van der Waals surface area contributed by atoms with Crippen LogP contribution in [-0.4, -0.2) is 28.9 Å². The third-order valence-corrected chi connectivity index (χ3v) is 8.59. The quantitative estimate of drug-likeness (QED) is 0.762. The fraction of sp³-hybridized carbons (Fsp3) is 0.727. The van der Waals surface area contributed by atoms with Crippen molar-refractivity contribution in [3.63, 3.8) is 0 Å². The van der Waals surface area contributed by atoms with Crippen LogP contribution in [0.5, 0.6) is 0 Å². The van der Waals surface area contributed by atoms with E-state index in [0.717, 1.165) is 31.3 Å². The van der Waals surface area contributed by atoms with Gasteiger partial charge in [0.15, 0.2) is 11.6 Å². The Morgan fingerprint density at radius 3 is 2.65 bits per heavy atom. The van der Waals surface area contributed by atoms with Crippen molar-refractivity contribution in [3.05, 3.63) is 23.8 Å². The first kappa shape index (κ1) is 18.1. The second-order valence-electron chi connectivity index (χ2n) is 9.42. The van der Waals surface area contributed by atoms with E-state index in [1.807, 2.05) is 19.9 Å². The molecule has 26 heavy (non-hydrogen) atoms. The minimum Gasteiger partial charge on any atom is -0.389 e. The molecule has 0 radical (unpaired) electrons. The van der Waals surface area contributed by atoms with Crippen LogP contribution in [0.4, 0.5) is 4.39 Å². The lowest BCUT2D eigenvalue weighted by atomic mass is 9.45. The number of fused-ring (bicyclic) bond motifs is 5. The zero-order chi connectivity index (χ0) is 18.9. The second kappa shape index (κ2) is 5.60. The van der Waals surface area contributed by atoms with Crippen LogP contribution in [0.25, 0.3) is 0 Å². The molecule has 1 unspecified atom stereocenters. The van der Waals surface area contributed by atoms with E-state index >= 15 is 4.39 Å². The maximum Gasteiger partial charge on any atom is 0.162 e. The Labute approximate surface area is 154 Å². The second-order valence-corrected chi connectivity index (χ2v) is 9.42. The van der Waals surface area contributed by atoms with Crippen LogP contribution in [0.1, 0.15) is 52.9 Å². The molecule has 7 atom stereocenters. The third-order valence-electron chi connectivity index (χ3n) is 8.59. The van der Waals surface area contributed by atoms with Gasteiger partial charge >= 0.3 is 0 Å². The first-order valence-corrected chi connectivity index (χ1v) is 9.95. The van der Waals surface area contributed by atoms with Crippen LogP contribution in [0.15, 0.2) is 23.8 Å². The summed E-state index contributed by atoms with van der Waals surface area (Å²) in [6.45, 7) is 5.64. The van der Waals surface area contributed by atoms with E-state index in [1.54, 1.807) is 12.2 Å². The molecule has 4 rings (SSSR count). The van der Waals surface area contributed by atoms with Gasteiger partial charge in [-0.3, -0.25) is 9.59 Å². The average Bonchev–Trinajstić information content (AvgIpc) is 2.94. The van der Waals surface area contributed by atoms with Gasteiger partial charge in [-0.15, -0.1) is 0 Å². The predicted octanol–water partition coefficient (Wildman–Crippen LogP) is 3.81. The summed E-state index contributed by atoms with van der Waals surface area (Å²) < 4.78 is 16.8. The summed E-state index contributed by atoms with van der Waals surface area (Å²) >= 11 is 0. The van der Waals surface area contributed by atoms with Gasteiger partial charge in [0.2, 0.25) is 0 Å². The number of hydrogen-bond donors (Lipinski definition) is 1. The standard InChI is InChI=1S/C22H29FO3/c1-13-10-15(25)11-14-4-5-17-16-6-7-18(19(26)12-24)20(16,2)8-9-22(17,23)21(13,14)3/h8-9,11,13,16-18,24H,4-7,10,12H2,1-3H3/t13?,16-,17-,18+,20-,21-,22+/m0/s1. The Morgan fingerprint density at radius 2 is 1.96 bits per heavy atom. The first-order valence-electron chi connectivity index (χ1n) is 9.95. The molecule has 0 aromatic carbocycles. The Bertz CT molecular complexity index is 725. The highest BCUT2D eigenvalue weighted by molar-refractivity contribution is 5.92. The number of carbonyl (C=O) groups excluding carboxylic acids is 2. The lowest BCUT2D eigenvalue weighted by Crippen LogP contribution is -2.61. The van der Waals surface area contributed by atoms with Crippen molar-refractivity contribution in [2.75, 3.05) is 6.61 Å². The minimum absolute atomic E-state index is 0.0342. The van der Waals surface area contributed by atoms with Gasteiger partial charge in [-0.2, -0.15) is 0 Å². The van der Waals surface area contributed by atoms with Crippen LogP contribution < -0.4 is 0 Å². The maximum absolute atomic E-state index is 16.8. The SMILES string of the molecule is CC1CC(=O)C=C2CC[C@H]3[C@@H]4CC[C@H](C(=O)CO)[C@@]4(C)C=C[C@]3(F)[C@]21C. The summed E-state index contributed by atoms with van der Waals surface area (Å²) in [5, 5.41) is 9.35. The Kier molecular flexibility index (Phi) is 3.90. The average molecular weight is 360 g/mol. The van der Waals surface area contributed by atoms with Gasteiger partial charge in [-0.25, -0.2) is 4.39 Å². The van der Waals surface area contributed by atoms with Gasteiger partial charge in [0.1, 0.15) is 12.3 Å². The van der Waals surface area contributed by atoms with Crippen molar-refractivity contribution in [1.29, 1.82) is 0 Å². The minimum atomic E-state index is -1.47. The molecule has 0 saturated heterocycles. The van der Waals surface area contributed by atoms with Crippen molar-refractivity contribution in [2.45, 2.75) is 58.5 Å². The predicted molar refractivity (Wildman–Crippen MR) is 97.1 cm³/mol. The van der Waals surface area contributed by atoms with Crippen molar-refractivity contribution in [3.8, 4) is 0 Å². The molecule has 0 bridgehead atoms. The van der Waals surface area contributed by atoms with Crippen LogP contribution >= 0.6 is 0 Å². The summed E-state index contributed by atoms with van der Waals surface area (Å²) in [6.07, 6.45) is 8.82. The van der Waals surface area contributed by atoms with Gasteiger partial charge in [0.05, 0.1) is 0 Å². The molecular formula is C22H29FO3. The summed E-state index contributed by atoms with van der Waals surface area (Å²) in [5.41, 5.74) is -1.53. The highest BCUT2D eigenvalue weighted by Crippen LogP contribution is 2.68. The van der Waals surface area contributed by atoms with E-state index in [2.05, 4.69) is 6.92 Å². The molecule has 3 nitrogen and oxygen atoms in total. The normalized spacial score (nSPS) is 49.9. The molecule has 0 aliphatic heterocycles. The molecule has 4 heteroatoms. The number of allylic oxidation sites excluding steroid dienone is 4. The summed E-state index contributed by atoms with van der Waals surface area (Å²) in [7, 11) is 0. The van der Waals surface area contributed by atoms with Crippen molar-refractivity contribution in [2.24, 2.45) is 34.5 Å². The van der Waals surface area contributed by atoms with E-state index < -0.39 is 17.7 Å². The molecular weight excluding hydrogens is 331 g/mol. The molecule has 142 valence electrons. The molecule has 0 aromatic rings. The molecule has 4 aliphatic rings. The summed E-state index contributed by atoms with van der Waals surface area (Å²) in [6, 6.07) is 0. The van der Waals surface area contributed by atoms with Gasteiger partial charge in [-0.05, 0) is 55.1 Å². The first-order chi connectivity index (χ1) is 12.2. The number of ketones is 2. The molecule has 0 spiro atoms. The molecule has 4 aliphatic carbocycles. The number of halogens is 1. The van der Waals surface area contributed by atoms with Crippen molar-refractivity contribution >= 4 is 11.6 Å². The van der Waals surface area contributed by atoms with E-state index in [9.17, 15) is 14.7 Å². The Balaban J connectivity index is 1.81. The van der Waals surface area contributed by atoms with E-state index in [4.69, 9.17) is 0 Å². The third kappa shape index (κ3) is 2.02. The van der Waals surface area contributed by atoms with Gasteiger partial charge < -0.3 is 5.11 Å². The molecule has 2 saturated carbocycles. The summed E-state index contributed by atoms with van der Waals surface area (Å²) in [5.74, 6) is -0.272. The smallest absolute Gasteiger partial charge is 0.162 e. The van der Waals surface area contributed by atoms with Crippen LogP contribution in [-0.2, 0) is 9.59 Å². The van der Waals surface area contributed by atoms with Gasteiger partial charge in [-0.1, -0.05) is 32.4 Å². The zero-order valence-electron chi connectivity index (χ0n) is 15.9. The number of aliphatic hydroxyl groups excluding tert-OH is 1. The van der Waals surface area contributed by atoms with Crippen molar-refractivity contribution < 1.29 is 19.1 Å².